The van der Waals surface area contributed by atoms with Crippen LogP contribution in [-0.2, 0) is 4.79 Å². The Morgan fingerprint density at radius 2 is 2.04 bits per heavy atom. The molecule has 2 amide bonds. The second kappa shape index (κ2) is 8.49. The molecule has 2 aromatic rings. The Morgan fingerprint density at radius 3 is 2.62 bits per heavy atom. The minimum absolute atomic E-state index is 0.327. The van der Waals surface area contributed by atoms with Gasteiger partial charge in [0, 0.05) is 12.2 Å². The van der Waals surface area contributed by atoms with Crippen LogP contribution in [-0.4, -0.2) is 28.6 Å². The monoisotopic (exact) mass is 346 g/mol. The summed E-state index contributed by atoms with van der Waals surface area (Å²) in [5, 5.41) is 16.1. The van der Waals surface area contributed by atoms with Crippen molar-refractivity contribution < 1.29 is 14.7 Å². The molecule has 5 nitrogen and oxygen atoms in total. The number of nitrogens with zero attached hydrogens (tertiary/aromatic N) is 1. The zero-order chi connectivity index (χ0) is 17.5. The van der Waals surface area contributed by atoms with Gasteiger partial charge in [-0.25, -0.2) is 4.79 Å². The molecule has 1 aromatic heterocycles. The van der Waals surface area contributed by atoms with Crippen LogP contribution in [0.5, 0.6) is 0 Å². The number of carboxylic acid groups (broad SMARTS) is 1. The molecule has 1 unspecified atom stereocenters. The summed E-state index contributed by atoms with van der Waals surface area (Å²) < 4.78 is 0. The number of aryl methyl sites for hydroxylation is 1. The molecule has 0 saturated carbocycles. The van der Waals surface area contributed by atoms with E-state index in [4.69, 9.17) is 0 Å². The van der Waals surface area contributed by atoms with E-state index in [0.29, 0.717) is 24.2 Å². The van der Waals surface area contributed by atoms with Crippen LogP contribution in [0.4, 0.5) is 10.5 Å². The minimum Gasteiger partial charge on any atom is -0.465 e. The average Bonchev–Trinajstić information content (AvgIpc) is 3.07. The van der Waals surface area contributed by atoms with Gasteiger partial charge in [0.2, 0.25) is 0 Å². The molecule has 0 fully saturated rings. The molecule has 0 bridgehead atoms. The first-order valence-corrected chi connectivity index (χ1v) is 8.87. The summed E-state index contributed by atoms with van der Waals surface area (Å²) in [6.45, 7) is 4.22. The number of rotatable bonds is 7. The van der Waals surface area contributed by atoms with E-state index in [1.165, 1.54) is 16.2 Å². The Morgan fingerprint density at radius 1 is 1.29 bits per heavy atom. The Balaban J connectivity index is 2.30. The van der Waals surface area contributed by atoms with Gasteiger partial charge >= 0.3 is 6.09 Å². The van der Waals surface area contributed by atoms with Crippen molar-refractivity contribution in [1.82, 2.24) is 4.90 Å². The molecule has 2 rings (SSSR count). The van der Waals surface area contributed by atoms with Gasteiger partial charge in [0.05, 0.1) is 0 Å². The molecule has 24 heavy (non-hydrogen) atoms. The highest BCUT2D eigenvalue weighted by Gasteiger charge is 2.31. The maximum absolute atomic E-state index is 12.9. The summed E-state index contributed by atoms with van der Waals surface area (Å²) in [7, 11) is 0. The molecule has 0 saturated heterocycles. The van der Waals surface area contributed by atoms with Crippen LogP contribution >= 0.6 is 11.3 Å². The fraction of sp³-hybridized carbons (Fsp3) is 0.333. The Labute approximate surface area is 145 Å². The van der Waals surface area contributed by atoms with Gasteiger partial charge in [-0.1, -0.05) is 31.5 Å². The molecule has 128 valence electrons. The highest BCUT2D eigenvalue weighted by molar-refractivity contribution is 7.08. The van der Waals surface area contributed by atoms with Crippen molar-refractivity contribution in [3.63, 3.8) is 0 Å². The molecular weight excluding hydrogens is 324 g/mol. The van der Waals surface area contributed by atoms with E-state index in [1.807, 2.05) is 48.9 Å². The van der Waals surface area contributed by atoms with E-state index >= 15 is 0 Å². The number of unbranched alkanes of at least 4 members (excludes halogenated alkanes) is 1. The van der Waals surface area contributed by atoms with Crippen molar-refractivity contribution >= 4 is 29.0 Å². The van der Waals surface area contributed by atoms with Crippen molar-refractivity contribution in [2.75, 3.05) is 11.9 Å². The smallest absolute Gasteiger partial charge is 0.408 e. The van der Waals surface area contributed by atoms with Crippen molar-refractivity contribution in [1.29, 1.82) is 0 Å². The van der Waals surface area contributed by atoms with Crippen molar-refractivity contribution in [3.8, 4) is 0 Å². The molecule has 1 heterocycles. The van der Waals surface area contributed by atoms with Crippen molar-refractivity contribution in [3.05, 3.63) is 52.2 Å². The number of carbonyl (C=O) groups is 2. The molecule has 0 aliphatic carbocycles. The van der Waals surface area contributed by atoms with Gasteiger partial charge in [-0.3, -0.25) is 9.69 Å². The van der Waals surface area contributed by atoms with Gasteiger partial charge in [0.1, 0.15) is 6.04 Å². The van der Waals surface area contributed by atoms with Crippen LogP contribution < -0.4 is 5.32 Å². The first-order chi connectivity index (χ1) is 11.5. The molecule has 2 N–H and O–H groups in total. The summed E-state index contributed by atoms with van der Waals surface area (Å²) >= 11 is 1.45. The number of para-hydroxylation sites is 1. The van der Waals surface area contributed by atoms with Crippen molar-refractivity contribution in [2.24, 2.45) is 0 Å². The third kappa shape index (κ3) is 4.35. The number of thiophene rings is 1. The number of hydrogen-bond acceptors (Lipinski definition) is 3. The largest absolute Gasteiger partial charge is 0.465 e. The lowest BCUT2D eigenvalue weighted by Crippen LogP contribution is -2.41. The third-order valence-corrected chi connectivity index (χ3v) is 4.52. The van der Waals surface area contributed by atoms with Gasteiger partial charge < -0.3 is 10.4 Å². The number of anilines is 1. The lowest BCUT2D eigenvalue weighted by atomic mass is 10.1. The summed E-state index contributed by atoms with van der Waals surface area (Å²) in [6, 6.07) is 8.41. The second-order valence-electron chi connectivity index (χ2n) is 5.59. The van der Waals surface area contributed by atoms with E-state index in [9.17, 15) is 14.7 Å². The Bertz CT molecular complexity index is 685. The summed E-state index contributed by atoms with van der Waals surface area (Å²) in [4.78, 5) is 25.8. The molecule has 1 atom stereocenters. The molecule has 0 spiro atoms. The van der Waals surface area contributed by atoms with Gasteiger partial charge in [0.25, 0.3) is 5.91 Å². The highest BCUT2D eigenvalue weighted by atomic mass is 32.1. The number of nitrogens with one attached hydrogen (secondary N) is 1. The Kier molecular flexibility index (Phi) is 6.37. The number of carbonyl (C=O) groups excluding carboxylic acids is 1. The van der Waals surface area contributed by atoms with Gasteiger partial charge in [0.15, 0.2) is 0 Å². The zero-order valence-electron chi connectivity index (χ0n) is 13.9. The van der Waals surface area contributed by atoms with E-state index in [2.05, 4.69) is 5.32 Å². The summed E-state index contributed by atoms with van der Waals surface area (Å²) in [5.74, 6) is -0.332. The maximum Gasteiger partial charge on any atom is 0.408 e. The topological polar surface area (TPSA) is 69.6 Å². The molecule has 6 heteroatoms. The fourth-order valence-corrected chi connectivity index (χ4v) is 3.16. The third-order valence-electron chi connectivity index (χ3n) is 3.82. The molecule has 0 aliphatic heterocycles. The molecule has 0 aliphatic rings. The van der Waals surface area contributed by atoms with E-state index in [1.54, 1.807) is 6.07 Å². The van der Waals surface area contributed by atoms with Crippen LogP contribution in [0.1, 0.15) is 36.9 Å². The SMILES string of the molecule is CCCCN(C(=O)O)C(C(=O)Nc1ccccc1C)c1ccsc1. The Hall–Kier alpha value is -2.34. The summed E-state index contributed by atoms with van der Waals surface area (Å²) in [6.07, 6.45) is 0.490. The number of hydrogen-bond donors (Lipinski definition) is 2. The predicted octanol–water partition coefficient (Wildman–Crippen LogP) is 4.52. The van der Waals surface area contributed by atoms with Crippen molar-refractivity contribution in [2.45, 2.75) is 32.7 Å². The van der Waals surface area contributed by atoms with Crippen LogP contribution in [0.3, 0.4) is 0 Å². The van der Waals surface area contributed by atoms with Gasteiger partial charge in [-0.05, 0) is 47.4 Å². The fourth-order valence-electron chi connectivity index (χ4n) is 2.48. The lowest BCUT2D eigenvalue weighted by molar-refractivity contribution is -0.121. The number of benzene rings is 1. The predicted molar refractivity (Wildman–Crippen MR) is 96.5 cm³/mol. The molecular formula is C18H22N2O3S. The maximum atomic E-state index is 12.9. The van der Waals surface area contributed by atoms with E-state index < -0.39 is 12.1 Å². The first kappa shape index (κ1) is 18.0. The summed E-state index contributed by atoms with van der Waals surface area (Å²) in [5.41, 5.74) is 2.33. The number of amides is 2. The molecule has 0 radical (unpaired) electrons. The van der Waals surface area contributed by atoms with Crippen LogP contribution in [0.15, 0.2) is 41.1 Å². The molecule has 1 aromatic carbocycles. The zero-order valence-corrected chi connectivity index (χ0v) is 14.7. The highest BCUT2D eigenvalue weighted by Crippen LogP contribution is 2.26. The first-order valence-electron chi connectivity index (χ1n) is 7.92. The van der Waals surface area contributed by atoms with Crippen LogP contribution in [0.2, 0.25) is 0 Å². The average molecular weight is 346 g/mol. The van der Waals surface area contributed by atoms with Gasteiger partial charge in [-0.15, -0.1) is 0 Å². The van der Waals surface area contributed by atoms with E-state index in [-0.39, 0.29) is 5.91 Å². The second-order valence-corrected chi connectivity index (χ2v) is 6.37. The quantitative estimate of drug-likeness (QED) is 0.774. The minimum atomic E-state index is -1.08. The lowest BCUT2D eigenvalue weighted by Gasteiger charge is -2.28. The standard InChI is InChI=1S/C18H22N2O3S/c1-3-4-10-20(18(22)23)16(14-9-11-24-12-14)17(21)19-15-8-6-5-7-13(15)2/h5-9,11-12,16H,3-4,10H2,1-2H3,(H,19,21)(H,22,23). The normalized spacial score (nSPS) is 11.8. The van der Waals surface area contributed by atoms with Crippen LogP contribution in [0.25, 0.3) is 0 Å². The van der Waals surface area contributed by atoms with Crippen LogP contribution in [0, 0.1) is 6.92 Å². The van der Waals surface area contributed by atoms with Gasteiger partial charge in [-0.2, -0.15) is 11.3 Å². The van der Waals surface area contributed by atoms with E-state index in [0.717, 1.165) is 12.0 Å².